The van der Waals surface area contributed by atoms with E-state index in [0.29, 0.717) is 6.42 Å². The minimum Gasteiger partial charge on any atom is -0.391 e. The molecule has 0 aliphatic heterocycles. The van der Waals surface area contributed by atoms with Crippen LogP contribution in [0.3, 0.4) is 0 Å². The molecule has 1 aromatic heterocycles. The first-order chi connectivity index (χ1) is 6.13. The Kier molecular flexibility index (Phi) is 3.35. The zero-order chi connectivity index (χ0) is 9.84. The topological polar surface area (TPSA) is 89.4 Å². The van der Waals surface area contributed by atoms with Gasteiger partial charge >= 0.3 is 5.00 Å². The Hall–Kier alpha value is -0.980. The molecule has 1 rings (SSSR count). The molecule has 1 unspecified atom stereocenters. The van der Waals surface area contributed by atoms with E-state index in [1.165, 1.54) is 6.07 Å². The van der Waals surface area contributed by atoms with Crippen LogP contribution >= 0.6 is 11.3 Å². The predicted octanol–water partition coefficient (Wildman–Crippen LogP) is 0.518. The molecule has 0 saturated heterocycles. The summed E-state index contributed by atoms with van der Waals surface area (Å²) in [6, 6.07) is 3.07. The van der Waals surface area contributed by atoms with Gasteiger partial charge in [0, 0.05) is 23.9 Å². The number of thiophene rings is 1. The first-order valence-electron chi connectivity index (χ1n) is 3.74. The molecule has 0 fully saturated rings. The van der Waals surface area contributed by atoms with E-state index in [9.17, 15) is 15.2 Å². The highest BCUT2D eigenvalue weighted by Crippen LogP contribution is 2.24. The van der Waals surface area contributed by atoms with Crippen molar-refractivity contribution in [1.82, 2.24) is 0 Å². The average molecular weight is 202 g/mol. The second kappa shape index (κ2) is 4.31. The zero-order valence-electron chi connectivity index (χ0n) is 6.84. The van der Waals surface area contributed by atoms with Gasteiger partial charge in [-0.15, -0.1) is 0 Å². The molecule has 1 heterocycles. The van der Waals surface area contributed by atoms with Crippen LogP contribution in [0.4, 0.5) is 5.00 Å². The van der Waals surface area contributed by atoms with Crippen LogP contribution in [0.5, 0.6) is 0 Å². The zero-order valence-corrected chi connectivity index (χ0v) is 7.66. The summed E-state index contributed by atoms with van der Waals surface area (Å²) < 4.78 is 0. The fraction of sp³-hybridized carbons (Fsp3) is 0.429. The molecule has 0 radical (unpaired) electrons. The van der Waals surface area contributed by atoms with Gasteiger partial charge in [0.1, 0.15) is 0 Å². The number of nitrogens with two attached hydrogens (primary N) is 1. The Morgan fingerprint density at radius 2 is 2.38 bits per heavy atom. The molecule has 6 heteroatoms. The lowest BCUT2D eigenvalue weighted by molar-refractivity contribution is -0.380. The normalized spacial score (nSPS) is 12.8. The van der Waals surface area contributed by atoms with E-state index in [2.05, 4.69) is 0 Å². The molecule has 3 N–H and O–H groups in total. The second-order valence-electron chi connectivity index (χ2n) is 2.59. The fourth-order valence-electron chi connectivity index (χ4n) is 0.890. The van der Waals surface area contributed by atoms with E-state index < -0.39 is 11.0 Å². The molecule has 0 aromatic carbocycles. The van der Waals surface area contributed by atoms with Gasteiger partial charge in [-0.05, 0) is 6.07 Å². The average Bonchev–Trinajstić information content (AvgIpc) is 2.52. The maximum absolute atomic E-state index is 10.3. The van der Waals surface area contributed by atoms with Gasteiger partial charge in [0.2, 0.25) is 0 Å². The molecule has 0 saturated carbocycles. The van der Waals surface area contributed by atoms with Crippen molar-refractivity contribution in [3.8, 4) is 0 Å². The SMILES string of the molecule is NCC(O)Cc1ccc([N+](=O)[O-])s1. The molecule has 0 bridgehead atoms. The maximum atomic E-state index is 10.3. The highest BCUT2D eigenvalue weighted by atomic mass is 32.1. The summed E-state index contributed by atoms with van der Waals surface area (Å²) in [4.78, 5) is 10.6. The summed E-state index contributed by atoms with van der Waals surface area (Å²) in [6.07, 6.45) is -0.229. The highest BCUT2D eigenvalue weighted by molar-refractivity contribution is 7.15. The third-order valence-electron chi connectivity index (χ3n) is 1.54. The van der Waals surface area contributed by atoms with Crippen molar-refractivity contribution in [2.24, 2.45) is 5.73 Å². The van der Waals surface area contributed by atoms with Gasteiger partial charge in [0.15, 0.2) is 0 Å². The van der Waals surface area contributed by atoms with Crippen LogP contribution in [0.15, 0.2) is 12.1 Å². The van der Waals surface area contributed by atoms with Crippen molar-refractivity contribution in [3.63, 3.8) is 0 Å². The van der Waals surface area contributed by atoms with Crippen molar-refractivity contribution in [3.05, 3.63) is 27.1 Å². The van der Waals surface area contributed by atoms with Gasteiger partial charge in [0.05, 0.1) is 11.0 Å². The molecule has 1 aromatic rings. The summed E-state index contributed by atoms with van der Waals surface area (Å²) in [5.41, 5.74) is 5.21. The van der Waals surface area contributed by atoms with Gasteiger partial charge in [-0.25, -0.2) is 0 Å². The molecular formula is C7H10N2O3S. The standard InChI is InChI=1S/C7H10N2O3S/c8-4-5(10)3-6-1-2-7(13-6)9(11)12/h1-2,5,10H,3-4,8H2. The number of nitrogens with zero attached hydrogens (tertiary/aromatic N) is 1. The highest BCUT2D eigenvalue weighted by Gasteiger charge is 2.11. The smallest absolute Gasteiger partial charge is 0.324 e. The summed E-state index contributed by atoms with van der Waals surface area (Å²) in [5.74, 6) is 0. The van der Waals surface area contributed by atoms with Crippen molar-refractivity contribution in [2.45, 2.75) is 12.5 Å². The van der Waals surface area contributed by atoms with Crippen LogP contribution in [-0.4, -0.2) is 22.7 Å². The molecule has 0 spiro atoms. The lowest BCUT2D eigenvalue weighted by atomic mass is 10.2. The summed E-state index contributed by atoms with van der Waals surface area (Å²) in [6.45, 7) is 0.172. The number of rotatable bonds is 4. The van der Waals surface area contributed by atoms with Gasteiger partial charge < -0.3 is 10.8 Å². The van der Waals surface area contributed by atoms with Crippen molar-refractivity contribution in [2.75, 3.05) is 6.54 Å². The van der Waals surface area contributed by atoms with E-state index in [-0.39, 0.29) is 11.5 Å². The number of aliphatic hydroxyl groups excluding tert-OH is 1. The molecule has 0 aliphatic carbocycles. The Balaban J connectivity index is 2.64. The van der Waals surface area contributed by atoms with Gasteiger partial charge in [-0.1, -0.05) is 11.3 Å². The number of aliphatic hydroxyl groups is 1. The van der Waals surface area contributed by atoms with E-state index in [4.69, 9.17) is 5.73 Å². The quantitative estimate of drug-likeness (QED) is 0.550. The van der Waals surface area contributed by atoms with Crippen molar-refractivity contribution in [1.29, 1.82) is 0 Å². The second-order valence-corrected chi connectivity index (χ2v) is 3.74. The van der Waals surface area contributed by atoms with Crippen LogP contribution in [0, 0.1) is 10.1 Å². The van der Waals surface area contributed by atoms with Gasteiger partial charge in [-0.3, -0.25) is 10.1 Å². The van der Waals surface area contributed by atoms with E-state index >= 15 is 0 Å². The Labute approximate surface area is 79.0 Å². The fourth-order valence-corrected chi connectivity index (χ4v) is 1.78. The summed E-state index contributed by atoms with van der Waals surface area (Å²) in [7, 11) is 0. The third-order valence-corrected chi connectivity index (χ3v) is 2.60. The van der Waals surface area contributed by atoms with Crippen LogP contribution in [0.1, 0.15) is 4.88 Å². The molecule has 0 amide bonds. The largest absolute Gasteiger partial charge is 0.391 e. The van der Waals surface area contributed by atoms with Crippen LogP contribution < -0.4 is 5.73 Å². The van der Waals surface area contributed by atoms with Crippen LogP contribution in [0.25, 0.3) is 0 Å². The first kappa shape index (κ1) is 10.1. The number of hydrogen-bond donors (Lipinski definition) is 2. The predicted molar refractivity (Wildman–Crippen MR) is 49.7 cm³/mol. The molecule has 13 heavy (non-hydrogen) atoms. The Morgan fingerprint density at radius 3 is 2.85 bits per heavy atom. The molecule has 72 valence electrons. The molecular weight excluding hydrogens is 192 g/mol. The first-order valence-corrected chi connectivity index (χ1v) is 4.56. The van der Waals surface area contributed by atoms with Crippen LogP contribution in [0.2, 0.25) is 0 Å². The van der Waals surface area contributed by atoms with Crippen LogP contribution in [-0.2, 0) is 6.42 Å². The maximum Gasteiger partial charge on any atom is 0.324 e. The van der Waals surface area contributed by atoms with E-state index in [0.717, 1.165) is 16.2 Å². The van der Waals surface area contributed by atoms with E-state index in [1.807, 2.05) is 0 Å². The molecule has 0 aliphatic rings. The Morgan fingerprint density at radius 1 is 1.69 bits per heavy atom. The number of nitro groups is 1. The Bertz CT molecular complexity index is 300. The third kappa shape index (κ3) is 2.76. The summed E-state index contributed by atoms with van der Waals surface area (Å²) >= 11 is 1.07. The molecule has 5 nitrogen and oxygen atoms in total. The van der Waals surface area contributed by atoms with Gasteiger partial charge in [0.25, 0.3) is 0 Å². The number of hydrogen-bond acceptors (Lipinski definition) is 5. The van der Waals surface area contributed by atoms with Gasteiger partial charge in [-0.2, -0.15) is 0 Å². The lowest BCUT2D eigenvalue weighted by Gasteiger charge is -2.03. The monoisotopic (exact) mass is 202 g/mol. The van der Waals surface area contributed by atoms with Crippen molar-refractivity contribution < 1.29 is 10.0 Å². The van der Waals surface area contributed by atoms with Crippen molar-refractivity contribution >= 4 is 16.3 Å². The lowest BCUT2D eigenvalue weighted by Crippen LogP contribution is -2.21. The molecule has 1 atom stereocenters. The minimum absolute atomic E-state index is 0.0965. The summed E-state index contributed by atoms with van der Waals surface area (Å²) in [5, 5.41) is 19.6. The minimum atomic E-state index is -0.613. The van der Waals surface area contributed by atoms with E-state index in [1.54, 1.807) is 6.07 Å².